The number of carbonyl (C=O) groups is 3. The molecule has 1 aromatic carbocycles. The first-order valence-corrected chi connectivity index (χ1v) is 9.60. The van der Waals surface area contributed by atoms with Gasteiger partial charge in [-0.3, -0.25) is 14.9 Å². The van der Waals surface area contributed by atoms with Crippen molar-refractivity contribution in [2.75, 3.05) is 36.8 Å². The SMILES string of the molecule is CC(=O)N1CCN(C(=O)Nc2nc(CC(=O)Nc3ccc(F)cc3)cs2)CC1. The molecular weight excluding hydrogens is 385 g/mol. The molecule has 2 N–H and O–H groups in total. The van der Waals surface area contributed by atoms with Crippen LogP contribution >= 0.6 is 11.3 Å². The highest BCUT2D eigenvalue weighted by atomic mass is 32.1. The van der Waals surface area contributed by atoms with Crippen molar-refractivity contribution in [1.29, 1.82) is 0 Å². The van der Waals surface area contributed by atoms with Crippen molar-refractivity contribution in [3.05, 3.63) is 41.2 Å². The van der Waals surface area contributed by atoms with E-state index in [9.17, 15) is 18.8 Å². The fourth-order valence-corrected chi connectivity index (χ4v) is 3.44. The number of thiazole rings is 1. The molecule has 1 aromatic heterocycles. The Kier molecular flexibility index (Phi) is 6.19. The molecule has 4 amide bonds. The van der Waals surface area contributed by atoms with Crippen LogP contribution in [0.15, 0.2) is 29.6 Å². The maximum Gasteiger partial charge on any atom is 0.323 e. The summed E-state index contributed by atoms with van der Waals surface area (Å²) in [6, 6.07) is 5.21. The summed E-state index contributed by atoms with van der Waals surface area (Å²) in [7, 11) is 0. The predicted molar refractivity (Wildman–Crippen MR) is 104 cm³/mol. The highest BCUT2D eigenvalue weighted by molar-refractivity contribution is 7.13. The molecule has 2 aromatic rings. The Balaban J connectivity index is 1.48. The van der Waals surface area contributed by atoms with Crippen LogP contribution in [-0.2, 0) is 16.0 Å². The van der Waals surface area contributed by atoms with Crippen molar-refractivity contribution in [3.63, 3.8) is 0 Å². The third kappa shape index (κ3) is 5.26. The zero-order valence-corrected chi connectivity index (χ0v) is 16.1. The van der Waals surface area contributed by atoms with Crippen molar-refractivity contribution in [2.45, 2.75) is 13.3 Å². The molecule has 0 aliphatic carbocycles. The number of carbonyl (C=O) groups excluding carboxylic acids is 3. The summed E-state index contributed by atoms with van der Waals surface area (Å²) in [6.07, 6.45) is 0.0427. The van der Waals surface area contributed by atoms with Crippen LogP contribution in [0.25, 0.3) is 0 Å². The second-order valence-corrected chi connectivity index (χ2v) is 7.16. The topological polar surface area (TPSA) is 94.6 Å². The third-order valence-electron chi connectivity index (χ3n) is 4.25. The Hall–Kier alpha value is -3.01. The minimum absolute atomic E-state index is 0.00328. The number of hydrogen-bond donors (Lipinski definition) is 2. The molecular formula is C18H20FN5O3S. The summed E-state index contributed by atoms with van der Waals surface area (Å²) < 4.78 is 12.9. The van der Waals surface area contributed by atoms with Gasteiger partial charge in [0.25, 0.3) is 0 Å². The molecule has 0 atom stereocenters. The van der Waals surface area contributed by atoms with E-state index in [-0.39, 0.29) is 30.1 Å². The van der Waals surface area contributed by atoms with E-state index in [0.717, 1.165) is 0 Å². The van der Waals surface area contributed by atoms with Gasteiger partial charge in [0.2, 0.25) is 11.8 Å². The van der Waals surface area contributed by atoms with E-state index in [1.54, 1.807) is 15.2 Å². The van der Waals surface area contributed by atoms with Crippen molar-refractivity contribution in [2.24, 2.45) is 0 Å². The first-order valence-electron chi connectivity index (χ1n) is 8.72. The molecule has 148 valence electrons. The first-order chi connectivity index (χ1) is 13.4. The summed E-state index contributed by atoms with van der Waals surface area (Å²) in [5, 5.41) is 7.49. The largest absolute Gasteiger partial charge is 0.339 e. The molecule has 1 aliphatic rings. The Labute approximate surface area is 165 Å². The molecule has 28 heavy (non-hydrogen) atoms. The molecule has 1 fully saturated rings. The standard InChI is InChI=1S/C18H20FN5O3S/c1-12(25)23-6-8-24(9-7-23)18(27)22-17-21-15(11-28-17)10-16(26)20-14-4-2-13(19)3-5-14/h2-5,11H,6-10H2,1H3,(H,20,26)(H,21,22,27). The van der Waals surface area contributed by atoms with Crippen LogP contribution in [0.5, 0.6) is 0 Å². The lowest BCUT2D eigenvalue weighted by Gasteiger charge is -2.33. The number of nitrogens with one attached hydrogen (secondary N) is 2. The molecule has 0 saturated carbocycles. The molecule has 0 unspecified atom stereocenters. The Bertz CT molecular complexity index is 862. The average molecular weight is 405 g/mol. The molecule has 0 bridgehead atoms. The minimum Gasteiger partial charge on any atom is -0.339 e. The van der Waals surface area contributed by atoms with Gasteiger partial charge >= 0.3 is 6.03 Å². The van der Waals surface area contributed by atoms with Crippen LogP contribution in [0, 0.1) is 5.82 Å². The Morgan fingerprint density at radius 1 is 1.07 bits per heavy atom. The number of anilines is 2. The van der Waals surface area contributed by atoms with E-state index >= 15 is 0 Å². The highest BCUT2D eigenvalue weighted by Gasteiger charge is 2.23. The number of hydrogen-bond acceptors (Lipinski definition) is 5. The third-order valence-corrected chi connectivity index (χ3v) is 5.05. The van der Waals surface area contributed by atoms with E-state index in [4.69, 9.17) is 0 Å². The molecule has 3 rings (SSSR count). The van der Waals surface area contributed by atoms with Gasteiger partial charge in [-0.25, -0.2) is 14.2 Å². The number of piperazine rings is 1. The van der Waals surface area contributed by atoms with E-state index in [1.165, 1.54) is 42.5 Å². The molecule has 0 radical (unpaired) electrons. The van der Waals surface area contributed by atoms with E-state index in [0.29, 0.717) is 42.7 Å². The smallest absolute Gasteiger partial charge is 0.323 e. The number of urea groups is 1. The van der Waals surface area contributed by atoms with Gasteiger partial charge in [-0.15, -0.1) is 11.3 Å². The fourth-order valence-electron chi connectivity index (χ4n) is 2.74. The van der Waals surface area contributed by atoms with Gasteiger partial charge in [0.05, 0.1) is 12.1 Å². The molecule has 2 heterocycles. The van der Waals surface area contributed by atoms with Crippen molar-refractivity contribution in [1.82, 2.24) is 14.8 Å². The van der Waals surface area contributed by atoms with Crippen LogP contribution in [0.3, 0.4) is 0 Å². The summed E-state index contributed by atoms with van der Waals surface area (Å²) in [5.41, 5.74) is 1.03. The summed E-state index contributed by atoms with van der Waals surface area (Å²) >= 11 is 1.23. The number of aromatic nitrogens is 1. The van der Waals surface area contributed by atoms with Crippen LogP contribution in [0.1, 0.15) is 12.6 Å². The molecule has 0 spiro atoms. The number of halogens is 1. The quantitative estimate of drug-likeness (QED) is 0.815. The lowest BCUT2D eigenvalue weighted by atomic mass is 10.3. The van der Waals surface area contributed by atoms with Gasteiger partial charge in [-0.1, -0.05) is 0 Å². The predicted octanol–water partition coefficient (Wildman–Crippen LogP) is 2.16. The Morgan fingerprint density at radius 3 is 2.36 bits per heavy atom. The average Bonchev–Trinajstić information content (AvgIpc) is 3.10. The molecule has 8 nitrogen and oxygen atoms in total. The zero-order chi connectivity index (χ0) is 20.1. The minimum atomic E-state index is -0.374. The molecule has 10 heteroatoms. The lowest BCUT2D eigenvalue weighted by molar-refractivity contribution is -0.130. The lowest BCUT2D eigenvalue weighted by Crippen LogP contribution is -2.51. The van der Waals surface area contributed by atoms with Gasteiger partial charge < -0.3 is 15.1 Å². The maximum atomic E-state index is 12.9. The fraction of sp³-hybridized carbons (Fsp3) is 0.333. The van der Waals surface area contributed by atoms with Crippen LogP contribution in [0.4, 0.5) is 20.0 Å². The van der Waals surface area contributed by atoms with Gasteiger partial charge in [-0.05, 0) is 24.3 Å². The zero-order valence-electron chi connectivity index (χ0n) is 15.3. The Morgan fingerprint density at radius 2 is 1.71 bits per heavy atom. The second-order valence-electron chi connectivity index (χ2n) is 6.30. The number of rotatable bonds is 4. The normalized spacial score (nSPS) is 13.9. The number of amides is 4. The summed E-state index contributed by atoms with van der Waals surface area (Å²) in [6.45, 7) is 3.46. The van der Waals surface area contributed by atoms with Crippen LogP contribution in [-0.4, -0.2) is 58.8 Å². The van der Waals surface area contributed by atoms with Crippen LogP contribution in [0.2, 0.25) is 0 Å². The monoisotopic (exact) mass is 405 g/mol. The van der Waals surface area contributed by atoms with Gasteiger partial charge in [0.1, 0.15) is 5.82 Å². The van der Waals surface area contributed by atoms with E-state index in [1.807, 2.05) is 0 Å². The van der Waals surface area contributed by atoms with Gasteiger partial charge in [0.15, 0.2) is 5.13 Å². The second kappa shape index (κ2) is 8.79. The van der Waals surface area contributed by atoms with Crippen LogP contribution < -0.4 is 10.6 Å². The highest BCUT2D eigenvalue weighted by Crippen LogP contribution is 2.17. The van der Waals surface area contributed by atoms with E-state index < -0.39 is 0 Å². The molecule has 1 saturated heterocycles. The first kappa shape index (κ1) is 19.7. The van der Waals surface area contributed by atoms with Gasteiger partial charge in [0, 0.05) is 44.2 Å². The van der Waals surface area contributed by atoms with Crippen molar-refractivity contribution in [3.8, 4) is 0 Å². The van der Waals surface area contributed by atoms with Crippen molar-refractivity contribution < 1.29 is 18.8 Å². The number of nitrogens with zero attached hydrogens (tertiary/aromatic N) is 3. The van der Waals surface area contributed by atoms with Gasteiger partial charge in [-0.2, -0.15) is 0 Å². The summed E-state index contributed by atoms with van der Waals surface area (Å²) in [4.78, 5) is 43.3. The number of benzene rings is 1. The summed E-state index contributed by atoms with van der Waals surface area (Å²) in [5.74, 6) is -0.653. The van der Waals surface area contributed by atoms with E-state index in [2.05, 4.69) is 15.6 Å². The maximum absolute atomic E-state index is 12.9. The van der Waals surface area contributed by atoms with Crippen molar-refractivity contribution >= 4 is 40.0 Å². The molecule has 1 aliphatic heterocycles.